The maximum absolute atomic E-state index is 12.8. The zero-order chi connectivity index (χ0) is 22.0. The van der Waals surface area contributed by atoms with Crippen molar-refractivity contribution in [2.45, 2.75) is 12.8 Å². The fraction of sp³-hybridized carbons (Fsp3) is 0.182. The standard InChI is InChI=1S/C22H18F3N3O3/c1-29-17-5-3-4-14(12-17)13-31-19-11-10-18-26-20(21(30-2)28(18)27-19)15-6-8-16(9-7-15)22(23,24)25/h3-12H,13H2,1-2H3. The molecule has 2 heterocycles. The number of ether oxygens (including phenoxy) is 3. The summed E-state index contributed by atoms with van der Waals surface area (Å²) in [7, 11) is 3.04. The number of benzene rings is 2. The van der Waals surface area contributed by atoms with Crippen molar-refractivity contribution in [2.75, 3.05) is 14.2 Å². The van der Waals surface area contributed by atoms with E-state index in [0.29, 0.717) is 28.7 Å². The predicted octanol–water partition coefficient (Wildman–Crippen LogP) is 5.01. The van der Waals surface area contributed by atoms with E-state index in [0.717, 1.165) is 23.4 Å². The minimum atomic E-state index is -4.40. The van der Waals surface area contributed by atoms with Crippen molar-refractivity contribution in [1.29, 1.82) is 0 Å². The lowest BCUT2D eigenvalue weighted by atomic mass is 10.1. The molecule has 0 N–H and O–H groups in total. The molecule has 0 aliphatic heterocycles. The molecule has 0 spiro atoms. The summed E-state index contributed by atoms with van der Waals surface area (Å²) in [6.07, 6.45) is -4.40. The number of methoxy groups -OCH3 is 2. The predicted molar refractivity (Wildman–Crippen MR) is 107 cm³/mol. The Labute approximate surface area is 175 Å². The average Bonchev–Trinajstić information content (AvgIpc) is 3.15. The molecule has 0 aliphatic carbocycles. The summed E-state index contributed by atoms with van der Waals surface area (Å²) in [5.74, 6) is 1.36. The number of fused-ring (bicyclic) bond motifs is 1. The molecule has 6 nitrogen and oxygen atoms in total. The Hall–Kier alpha value is -3.75. The number of aromatic nitrogens is 3. The second kappa shape index (κ2) is 8.17. The number of imidazole rings is 1. The minimum absolute atomic E-state index is 0.276. The lowest BCUT2D eigenvalue weighted by molar-refractivity contribution is -0.137. The van der Waals surface area contributed by atoms with Gasteiger partial charge in [0.2, 0.25) is 11.8 Å². The molecule has 0 saturated heterocycles. The Bertz CT molecular complexity index is 1200. The van der Waals surface area contributed by atoms with Crippen LogP contribution in [0.5, 0.6) is 17.5 Å². The van der Waals surface area contributed by atoms with Crippen LogP contribution in [0.25, 0.3) is 16.9 Å². The van der Waals surface area contributed by atoms with Crippen molar-refractivity contribution in [3.05, 3.63) is 71.8 Å². The lowest BCUT2D eigenvalue weighted by Gasteiger charge is -2.08. The first-order valence-electron chi connectivity index (χ1n) is 9.26. The third kappa shape index (κ3) is 4.25. The van der Waals surface area contributed by atoms with E-state index < -0.39 is 11.7 Å². The van der Waals surface area contributed by atoms with E-state index in [2.05, 4.69) is 10.1 Å². The van der Waals surface area contributed by atoms with E-state index >= 15 is 0 Å². The molecule has 4 rings (SSSR count). The quantitative estimate of drug-likeness (QED) is 0.431. The van der Waals surface area contributed by atoms with Gasteiger partial charge in [-0.2, -0.15) is 17.7 Å². The van der Waals surface area contributed by atoms with Crippen LogP contribution in [0.3, 0.4) is 0 Å². The molecular weight excluding hydrogens is 411 g/mol. The SMILES string of the molecule is COc1cccc(COc2ccc3nc(-c4ccc(C(F)(F)F)cc4)c(OC)n3n2)c1. The molecule has 0 bridgehead atoms. The molecule has 0 aliphatic rings. The van der Waals surface area contributed by atoms with E-state index in [1.807, 2.05) is 24.3 Å². The molecule has 0 fully saturated rings. The Morgan fingerprint density at radius 2 is 1.71 bits per heavy atom. The minimum Gasteiger partial charge on any atom is -0.497 e. The summed E-state index contributed by atoms with van der Waals surface area (Å²) < 4.78 is 56.4. The molecule has 2 aromatic carbocycles. The number of halogens is 3. The highest BCUT2D eigenvalue weighted by atomic mass is 19.4. The highest BCUT2D eigenvalue weighted by Gasteiger charge is 2.30. The topological polar surface area (TPSA) is 57.9 Å². The molecule has 4 aromatic rings. The molecule has 160 valence electrons. The van der Waals surface area contributed by atoms with Crippen molar-refractivity contribution in [3.8, 4) is 28.8 Å². The molecule has 31 heavy (non-hydrogen) atoms. The summed E-state index contributed by atoms with van der Waals surface area (Å²) >= 11 is 0. The van der Waals surface area contributed by atoms with E-state index in [-0.39, 0.29) is 6.61 Å². The van der Waals surface area contributed by atoms with Gasteiger partial charge in [-0.3, -0.25) is 0 Å². The van der Waals surface area contributed by atoms with Gasteiger partial charge >= 0.3 is 6.18 Å². The molecule has 2 aromatic heterocycles. The van der Waals surface area contributed by atoms with Crippen LogP contribution in [0.2, 0.25) is 0 Å². The van der Waals surface area contributed by atoms with Gasteiger partial charge in [-0.05, 0) is 35.9 Å². The second-order valence-corrected chi connectivity index (χ2v) is 6.63. The third-order valence-electron chi connectivity index (χ3n) is 4.61. The third-order valence-corrected chi connectivity index (χ3v) is 4.61. The number of alkyl halides is 3. The van der Waals surface area contributed by atoms with Gasteiger partial charge in [-0.15, -0.1) is 5.10 Å². The van der Waals surface area contributed by atoms with Gasteiger partial charge in [-0.1, -0.05) is 24.3 Å². The molecule has 0 saturated carbocycles. The zero-order valence-electron chi connectivity index (χ0n) is 16.7. The summed E-state index contributed by atoms with van der Waals surface area (Å²) in [4.78, 5) is 4.45. The van der Waals surface area contributed by atoms with Gasteiger partial charge in [0.05, 0.1) is 19.8 Å². The Kier molecular flexibility index (Phi) is 5.41. The first kappa shape index (κ1) is 20.5. The summed E-state index contributed by atoms with van der Waals surface area (Å²) in [6.45, 7) is 0.276. The molecule has 0 unspecified atom stereocenters. The van der Waals surface area contributed by atoms with Crippen molar-refractivity contribution < 1.29 is 27.4 Å². The van der Waals surface area contributed by atoms with Crippen LogP contribution >= 0.6 is 0 Å². The summed E-state index contributed by atoms with van der Waals surface area (Å²) in [5.41, 5.74) is 1.51. The van der Waals surface area contributed by atoms with Crippen LogP contribution in [0.1, 0.15) is 11.1 Å². The van der Waals surface area contributed by atoms with Crippen molar-refractivity contribution in [3.63, 3.8) is 0 Å². The maximum Gasteiger partial charge on any atom is 0.416 e. The van der Waals surface area contributed by atoms with Crippen LogP contribution in [0, 0.1) is 0 Å². The first-order chi connectivity index (χ1) is 14.9. The fourth-order valence-electron chi connectivity index (χ4n) is 3.08. The smallest absolute Gasteiger partial charge is 0.416 e. The highest BCUT2D eigenvalue weighted by molar-refractivity contribution is 5.69. The van der Waals surface area contributed by atoms with Crippen LogP contribution in [0.4, 0.5) is 13.2 Å². The van der Waals surface area contributed by atoms with Gasteiger partial charge in [0.1, 0.15) is 18.1 Å². The Morgan fingerprint density at radius 3 is 2.39 bits per heavy atom. The number of hydrogen-bond donors (Lipinski definition) is 0. The van der Waals surface area contributed by atoms with Crippen LogP contribution in [0.15, 0.2) is 60.7 Å². The van der Waals surface area contributed by atoms with Crippen LogP contribution < -0.4 is 14.2 Å². The van der Waals surface area contributed by atoms with Crippen molar-refractivity contribution in [1.82, 2.24) is 14.6 Å². The van der Waals surface area contributed by atoms with E-state index in [1.54, 1.807) is 19.2 Å². The molecule has 0 radical (unpaired) electrons. The normalized spacial score (nSPS) is 11.5. The van der Waals surface area contributed by atoms with Gasteiger partial charge in [0, 0.05) is 11.6 Å². The Balaban J connectivity index is 1.62. The number of nitrogens with zero attached hydrogens (tertiary/aromatic N) is 3. The monoisotopic (exact) mass is 429 g/mol. The van der Waals surface area contributed by atoms with Gasteiger partial charge in [-0.25, -0.2) is 4.98 Å². The fourth-order valence-corrected chi connectivity index (χ4v) is 3.08. The van der Waals surface area contributed by atoms with Crippen molar-refractivity contribution in [2.24, 2.45) is 0 Å². The van der Waals surface area contributed by atoms with Gasteiger partial charge < -0.3 is 14.2 Å². The number of hydrogen-bond acceptors (Lipinski definition) is 5. The average molecular weight is 429 g/mol. The van der Waals surface area contributed by atoms with Crippen LogP contribution in [-0.4, -0.2) is 28.8 Å². The summed E-state index contributed by atoms with van der Waals surface area (Å²) in [6, 6.07) is 15.6. The summed E-state index contributed by atoms with van der Waals surface area (Å²) in [5, 5.41) is 4.40. The molecular formula is C22H18F3N3O3. The van der Waals surface area contributed by atoms with E-state index in [9.17, 15) is 13.2 Å². The van der Waals surface area contributed by atoms with Gasteiger partial charge in [0.15, 0.2) is 5.65 Å². The highest BCUT2D eigenvalue weighted by Crippen LogP contribution is 2.34. The zero-order valence-corrected chi connectivity index (χ0v) is 16.7. The first-order valence-corrected chi connectivity index (χ1v) is 9.26. The van der Waals surface area contributed by atoms with Crippen LogP contribution in [-0.2, 0) is 12.8 Å². The second-order valence-electron chi connectivity index (χ2n) is 6.63. The molecule has 9 heteroatoms. The van der Waals surface area contributed by atoms with E-state index in [4.69, 9.17) is 14.2 Å². The van der Waals surface area contributed by atoms with E-state index in [1.165, 1.54) is 23.8 Å². The van der Waals surface area contributed by atoms with Crippen molar-refractivity contribution >= 4 is 5.65 Å². The molecule has 0 atom stereocenters. The van der Waals surface area contributed by atoms with Gasteiger partial charge in [0.25, 0.3) is 0 Å². The lowest BCUT2D eigenvalue weighted by Crippen LogP contribution is -2.04. The largest absolute Gasteiger partial charge is 0.497 e. The number of rotatable bonds is 6. The maximum atomic E-state index is 12.8. The molecule has 0 amide bonds. The Morgan fingerprint density at radius 1 is 0.935 bits per heavy atom.